The first kappa shape index (κ1) is 14.7. The summed E-state index contributed by atoms with van der Waals surface area (Å²) in [5, 5.41) is 1.91. The van der Waals surface area contributed by atoms with Gasteiger partial charge in [0.25, 0.3) is 5.91 Å². The van der Waals surface area contributed by atoms with E-state index in [1.54, 1.807) is 26.0 Å². The second-order valence-corrected chi connectivity index (χ2v) is 6.65. The number of hydrogen-bond donors (Lipinski definition) is 0. The molecule has 0 radical (unpaired) electrons. The van der Waals surface area contributed by atoms with Crippen LogP contribution in [0, 0.1) is 0 Å². The van der Waals surface area contributed by atoms with E-state index in [-0.39, 0.29) is 5.91 Å². The van der Waals surface area contributed by atoms with E-state index < -0.39 is 11.3 Å². The van der Waals surface area contributed by atoms with Crippen molar-refractivity contribution in [1.82, 2.24) is 5.06 Å². The van der Waals surface area contributed by atoms with Crippen molar-refractivity contribution in [3.63, 3.8) is 0 Å². The van der Waals surface area contributed by atoms with Crippen molar-refractivity contribution in [2.24, 2.45) is 0 Å². The van der Waals surface area contributed by atoms with Crippen LogP contribution in [-0.2, 0) is 9.53 Å². The number of carbonyl (C=O) groups is 1. The Morgan fingerprint density at radius 1 is 1.19 bits per heavy atom. The van der Waals surface area contributed by atoms with Crippen molar-refractivity contribution < 1.29 is 14.4 Å². The van der Waals surface area contributed by atoms with Gasteiger partial charge >= 0.3 is 0 Å². The van der Waals surface area contributed by atoms with Gasteiger partial charge in [0, 0.05) is 0 Å². The molecule has 21 heavy (non-hydrogen) atoms. The molecule has 1 aliphatic heterocycles. The first-order valence-corrected chi connectivity index (χ1v) is 7.80. The molecule has 3 rings (SSSR count). The zero-order chi connectivity index (χ0) is 15.1. The molecule has 1 amide bonds. The lowest BCUT2D eigenvalue weighted by molar-refractivity contribution is -0.227. The summed E-state index contributed by atoms with van der Waals surface area (Å²) in [5.41, 5.74) is -1.52. The van der Waals surface area contributed by atoms with Crippen LogP contribution in [0.1, 0.15) is 46.0 Å². The lowest BCUT2D eigenvalue weighted by Gasteiger charge is -2.38. The van der Waals surface area contributed by atoms with Crippen LogP contribution in [0.15, 0.2) is 24.3 Å². The average molecular weight is 310 g/mol. The molecule has 0 aromatic heterocycles. The molecule has 5 heteroatoms. The first-order chi connectivity index (χ1) is 9.95. The predicted molar refractivity (Wildman–Crippen MR) is 79.9 cm³/mol. The largest absolute Gasteiger partial charge is 0.372 e. The van der Waals surface area contributed by atoms with Crippen molar-refractivity contribution >= 4 is 17.5 Å². The minimum atomic E-state index is -0.863. The maximum atomic E-state index is 12.6. The molecule has 1 heterocycles. The molecule has 0 atom stereocenters. The summed E-state index contributed by atoms with van der Waals surface area (Å²) in [4.78, 5) is 18.5. The molecule has 2 aliphatic rings. The number of hydroxylamine groups is 2. The summed E-state index contributed by atoms with van der Waals surface area (Å²) in [6.45, 7) is 3.59. The normalized spacial score (nSPS) is 23.6. The first-order valence-electron chi connectivity index (χ1n) is 7.42. The third-order valence-corrected chi connectivity index (χ3v) is 4.49. The highest BCUT2D eigenvalue weighted by atomic mass is 35.5. The van der Waals surface area contributed by atoms with E-state index in [4.69, 9.17) is 21.2 Å². The van der Waals surface area contributed by atoms with E-state index >= 15 is 0 Å². The van der Waals surface area contributed by atoms with Crippen LogP contribution in [0.3, 0.4) is 0 Å². The van der Waals surface area contributed by atoms with E-state index in [0.29, 0.717) is 10.8 Å². The summed E-state index contributed by atoms with van der Waals surface area (Å²) in [6, 6.07) is 7.17. The molecule has 0 unspecified atom stereocenters. The highest BCUT2D eigenvalue weighted by Gasteiger charge is 2.58. The van der Waals surface area contributed by atoms with Gasteiger partial charge in [-0.1, -0.05) is 30.2 Å². The number of halogens is 1. The highest BCUT2D eigenvalue weighted by Crippen LogP contribution is 2.45. The Bertz CT molecular complexity index is 552. The van der Waals surface area contributed by atoms with Crippen molar-refractivity contribution in [2.45, 2.75) is 57.3 Å². The molecule has 1 aliphatic carbocycles. The van der Waals surface area contributed by atoms with Gasteiger partial charge in [-0.15, -0.1) is 5.06 Å². The maximum Gasteiger partial charge on any atom is 0.289 e. The summed E-state index contributed by atoms with van der Waals surface area (Å²) < 4.78 is 6.12. The van der Waals surface area contributed by atoms with Gasteiger partial charge in [-0.25, -0.2) is 0 Å². The van der Waals surface area contributed by atoms with Gasteiger partial charge in [0.2, 0.25) is 0 Å². The van der Waals surface area contributed by atoms with Crippen LogP contribution in [-0.4, -0.2) is 22.3 Å². The van der Waals surface area contributed by atoms with Crippen molar-refractivity contribution in [1.29, 1.82) is 0 Å². The van der Waals surface area contributed by atoms with E-state index in [9.17, 15) is 4.79 Å². The molecule has 1 saturated carbocycles. The molecule has 0 N–H and O–H groups in total. The van der Waals surface area contributed by atoms with Gasteiger partial charge in [-0.3, -0.25) is 4.79 Å². The van der Waals surface area contributed by atoms with Crippen LogP contribution >= 0.6 is 11.6 Å². The van der Waals surface area contributed by atoms with Crippen LogP contribution < -0.4 is 4.84 Å². The Hall–Kier alpha value is -1.26. The molecule has 114 valence electrons. The lowest BCUT2D eigenvalue weighted by atomic mass is 9.92. The van der Waals surface area contributed by atoms with Gasteiger partial charge in [-0.05, 0) is 51.7 Å². The summed E-state index contributed by atoms with van der Waals surface area (Å²) in [7, 11) is 0. The number of benzene rings is 1. The van der Waals surface area contributed by atoms with E-state index in [1.807, 2.05) is 12.1 Å². The summed E-state index contributed by atoms with van der Waals surface area (Å²) in [5.74, 6) is 0.336. The summed E-state index contributed by atoms with van der Waals surface area (Å²) in [6.07, 6.45) is 4.83. The van der Waals surface area contributed by atoms with Gasteiger partial charge in [-0.2, -0.15) is 0 Å². The Morgan fingerprint density at radius 3 is 2.52 bits per heavy atom. The fourth-order valence-electron chi connectivity index (χ4n) is 3.14. The Kier molecular flexibility index (Phi) is 3.62. The standard InChI is InChI=1S/C16H20ClNO3/c1-15(2)14(19)18(16(21-15)10-6-3-7-11-16)20-13-9-5-4-8-12(13)17/h4-5,8-9H,3,6-7,10-11H2,1-2H3. The average Bonchev–Trinajstić information content (AvgIpc) is 2.62. The second-order valence-electron chi connectivity index (χ2n) is 6.24. The molecule has 0 bridgehead atoms. The van der Waals surface area contributed by atoms with Crippen LogP contribution in [0.25, 0.3) is 0 Å². The number of para-hydroxylation sites is 1. The zero-order valence-electron chi connectivity index (χ0n) is 12.4. The Morgan fingerprint density at radius 2 is 1.86 bits per heavy atom. The maximum absolute atomic E-state index is 12.6. The van der Waals surface area contributed by atoms with Gasteiger partial charge in [0.05, 0.1) is 5.02 Å². The van der Waals surface area contributed by atoms with E-state index in [0.717, 1.165) is 25.7 Å². The topological polar surface area (TPSA) is 38.8 Å². The lowest BCUT2D eigenvalue weighted by Crippen LogP contribution is -2.50. The highest BCUT2D eigenvalue weighted by molar-refractivity contribution is 6.32. The number of ether oxygens (including phenoxy) is 1. The third kappa shape index (κ3) is 2.51. The number of hydrogen-bond acceptors (Lipinski definition) is 3. The van der Waals surface area contributed by atoms with E-state index in [2.05, 4.69) is 0 Å². The molecule has 1 saturated heterocycles. The Labute approximate surface area is 129 Å². The van der Waals surface area contributed by atoms with Crippen molar-refractivity contribution in [3.8, 4) is 5.75 Å². The van der Waals surface area contributed by atoms with Gasteiger partial charge in [0.15, 0.2) is 11.5 Å². The zero-order valence-corrected chi connectivity index (χ0v) is 13.2. The molecule has 1 aromatic carbocycles. The van der Waals surface area contributed by atoms with Gasteiger partial charge in [0.1, 0.15) is 5.60 Å². The number of carbonyl (C=O) groups excluding carboxylic acids is 1. The van der Waals surface area contributed by atoms with Crippen molar-refractivity contribution in [2.75, 3.05) is 0 Å². The molecule has 1 aromatic rings. The fraction of sp³-hybridized carbons (Fsp3) is 0.562. The molecule has 2 fully saturated rings. The quantitative estimate of drug-likeness (QED) is 0.831. The monoisotopic (exact) mass is 309 g/mol. The summed E-state index contributed by atoms with van der Waals surface area (Å²) >= 11 is 6.15. The number of amides is 1. The SMILES string of the molecule is CC1(C)OC2(CCCCC2)N(Oc2ccccc2Cl)C1=O. The minimum absolute atomic E-state index is 0.149. The predicted octanol–water partition coefficient (Wildman–Crippen LogP) is 3.93. The molecule has 1 spiro atoms. The van der Waals surface area contributed by atoms with Crippen LogP contribution in [0.4, 0.5) is 0 Å². The third-order valence-electron chi connectivity index (χ3n) is 4.18. The smallest absolute Gasteiger partial charge is 0.289 e. The molecular formula is C16H20ClNO3. The minimum Gasteiger partial charge on any atom is -0.372 e. The second kappa shape index (κ2) is 5.18. The molecule has 4 nitrogen and oxygen atoms in total. The van der Waals surface area contributed by atoms with Crippen LogP contribution in [0.2, 0.25) is 5.02 Å². The molecular weight excluding hydrogens is 290 g/mol. The number of nitrogens with zero attached hydrogens (tertiary/aromatic N) is 1. The number of rotatable bonds is 2. The van der Waals surface area contributed by atoms with E-state index in [1.165, 1.54) is 11.5 Å². The fourth-order valence-corrected chi connectivity index (χ4v) is 3.31. The van der Waals surface area contributed by atoms with Gasteiger partial charge < -0.3 is 9.57 Å². The van der Waals surface area contributed by atoms with Crippen molar-refractivity contribution in [3.05, 3.63) is 29.3 Å². The van der Waals surface area contributed by atoms with Crippen LogP contribution in [0.5, 0.6) is 5.75 Å². The Balaban J connectivity index is 1.93.